The number of alkyl halides is 3. The number of nitrogens with zero attached hydrogens (tertiary/aromatic N) is 3. The molecule has 11 heteroatoms. The zero-order chi connectivity index (χ0) is 19.1. The van der Waals surface area contributed by atoms with E-state index >= 15 is 0 Å². The summed E-state index contributed by atoms with van der Waals surface area (Å²) in [7, 11) is 0. The van der Waals surface area contributed by atoms with Crippen molar-refractivity contribution in [2.45, 2.75) is 36.8 Å². The Hall–Kier alpha value is -2.05. The molecule has 0 spiro atoms. The van der Waals surface area contributed by atoms with E-state index in [1.54, 1.807) is 0 Å². The molecule has 0 bridgehead atoms. The van der Waals surface area contributed by atoms with Crippen LogP contribution in [0.15, 0.2) is 30.5 Å². The Labute approximate surface area is 145 Å². The van der Waals surface area contributed by atoms with E-state index in [0.29, 0.717) is 0 Å². The number of benzene rings is 1. The second-order valence-corrected chi connectivity index (χ2v) is 5.88. The number of halogens is 3. The zero-order valence-corrected chi connectivity index (χ0v) is 13.2. The molecule has 3 rings (SSSR count). The van der Waals surface area contributed by atoms with Gasteiger partial charge in [0, 0.05) is 5.56 Å². The van der Waals surface area contributed by atoms with Crippen molar-refractivity contribution in [3.05, 3.63) is 36.0 Å². The molecular formula is C15H16F3N3O5. The maximum Gasteiger partial charge on any atom is 0.416 e. The first-order valence-electron chi connectivity index (χ1n) is 7.62. The molecule has 4 N–H and O–H groups in total. The van der Waals surface area contributed by atoms with Crippen molar-refractivity contribution in [3.8, 4) is 11.3 Å². The van der Waals surface area contributed by atoms with Crippen LogP contribution in [0.5, 0.6) is 0 Å². The van der Waals surface area contributed by atoms with E-state index in [1.165, 1.54) is 18.3 Å². The van der Waals surface area contributed by atoms with Crippen LogP contribution in [0.25, 0.3) is 11.3 Å². The molecule has 1 fully saturated rings. The monoisotopic (exact) mass is 375 g/mol. The molecular weight excluding hydrogens is 359 g/mol. The van der Waals surface area contributed by atoms with E-state index < -0.39 is 49.0 Å². The van der Waals surface area contributed by atoms with Crippen LogP contribution in [-0.4, -0.2) is 66.4 Å². The van der Waals surface area contributed by atoms with E-state index in [-0.39, 0.29) is 11.3 Å². The summed E-state index contributed by atoms with van der Waals surface area (Å²) in [6.07, 6.45) is -10.4. The third-order valence-corrected chi connectivity index (χ3v) is 4.12. The van der Waals surface area contributed by atoms with Gasteiger partial charge in [0.2, 0.25) is 0 Å². The molecule has 2 aromatic rings. The highest BCUT2D eigenvalue weighted by molar-refractivity contribution is 5.59. The lowest BCUT2D eigenvalue weighted by Gasteiger charge is -2.39. The van der Waals surface area contributed by atoms with Crippen LogP contribution in [0.4, 0.5) is 13.2 Å². The quantitative estimate of drug-likeness (QED) is 0.593. The van der Waals surface area contributed by atoms with Gasteiger partial charge in [-0.2, -0.15) is 13.2 Å². The summed E-state index contributed by atoms with van der Waals surface area (Å²) in [5.74, 6) is 0. The van der Waals surface area contributed by atoms with Crippen molar-refractivity contribution in [2.75, 3.05) is 6.61 Å². The van der Waals surface area contributed by atoms with E-state index in [2.05, 4.69) is 10.3 Å². The normalized spacial score (nSPS) is 29.7. The van der Waals surface area contributed by atoms with Crippen molar-refractivity contribution >= 4 is 0 Å². The second-order valence-electron chi connectivity index (χ2n) is 5.88. The van der Waals surface area contributed by atoms with E-state index in [4.69, 9.17) is 4.74 Å². The fraction of sp³-hybridized carbons (Fsp3) is 0.467. The van der Waals surface area contributed by atoms with Gasteiger partial charge in [0.15, 0.2) is 6.23 Å². The first kappa shape index (κ1) is 18.7. The molecule has 5 atom stereocenters. The highest BCUT2D eigenvalue weighted by Crippen LogP contribution is 2.32. The van der Waals surface area contributed by atoms with Gasteiger partial charge in [-0.1, -0.05) is 17.3 Å². The SMILES string of the molecule is OC[C@H]1O[C@@H](n2cc(-c3cccc(C(F)(F)F)c3)nn2)[C@H](O)[C@@H](O)[C@H]1O. The summed E-state index contributed by atoms with van der Waals surface area (Å²) in [6, 6.07) is 4.47. The molecule has 0 aliphatic carbocycles. The predicted octanol–water partition coefficient (Wildman–Crippen LogP) is -0.0637. The summed E-state index contributed by atoms with van der Waals surface area (Å²) >= 11 is 0. The van der Waals surface area contributed by atoms with Crippen molar-refractivity contribution in [1.82, 2.24) is 15.0 Å². The van der Waals surface area contributed by atoms with Gasteiger partial charge in [-0.05, 0) is 12.1 Å². The van der Waals surface area contributed by atoms with Crippen LogP contribution in [0.3, 0.4) is 0 Å². The lowest BCUT2D eigenvalue weighted by molar-refractivity contribution is -0.254. The van der Waals surface area contributed by atoms with Crippen LogP contribution in [0.1, 0.15) is 11.8 Å². The van der Waals surface area contributed by atoms with E-state index in [9.17, 15) is 33.6 Å². The molecule has 1 saturated heterocycles. The van der Waals surface area contributed by atoms with Crippen LogP contribution >= 0.6 is 0 Å². The second kappa shape index (κ2) is 6.93. The highest BCUT2D eigenvalue weighted by atomic mass is 19.4. The summed E-state index contributed by atoms with van der Waals surface area (Å²) in [4.78, 5) is 0. The number of hydrogen-bond acceptors (Lipinski definition) is 7. The summed E-state index contributed by atoms with van der Waals surface area (Å²) in [6.45, 7) is -0.614. The van der Waals surface area contributed by atoms with Gasteiger partial charge in [-0.3, -0.25) is 0 Å². The average Bonchev–Trinajstić information content (AvgIpc) is 3.09. The lowest BCUT2D eigenvalue weighted by Crippen LogP contribution is -2.56. The Morgan fingerprint density at radius 1 is 1.12 bits per heavy atom. The van der Waals surface area contributed by atoms with Crippen LogP contribution in [-0.2, 0) is 10.9 Å². The Kier molecular flexibility index (Phi) is 4.99. The predicted molar refractivity (Wildman–Crippen MR) is 79.5 cm³/mol. The van der Waals surface area contributed by atoms with Gasteiger partial charge in [0.25, 0.3) is 0 Å². The van der Waals surface area contributed by atoms with Gasteiger partial charge in [-0.15, -0.1) is 5.10 Å². The molecule has 1 aliphatic heterocycles. The van der Waals surface area contributed by atoms with E-state index in [0.717, 1.165) is 16.8 Å². The Morgan fingerprint density at radius 2 is 1.85 bits per heavy atom. The fourth-order valence-corrected chi connectivity index (χ4v) is 2.69. The van der Waals surface area contributed by atoms with Gasteiger partial charge in [0.05, 0.1) is 18.4 Å². The topological polar surface area (TPSA) is 121 Å². The maximum atomic E-state index is 12.8. The standard InChI is InChI=1S/C15H16F3N3O5/c16-15(17,18)8-3-1-2-7(4-8)9-5-21(20-19-9)14-13(25)12(24)11(23)10(6-22)26-14/h1-5,10-14,22-25H,6H2/t10-,11+,12+,13-,14-/m1/s1. The van der Waals surface area contributed by atoms with Gasteiger partial charge >= 0.3 is 6.18 Å². The first-order chi connectivity index (χ1) is 12.2. The third-order valence-electron chi connectivity index (χ3n) is 4.12. The van der Waals surface area contributed by atoms with Crippen molar-refractivity contribution in [3.63, 3.8) is 0 Å². The number of rotatable bonds is 3. The Morgan fingerprint density at radius 3 is 2.50 bits per heavy atom. The van der Waals surface area contributed by atoms with Gasteiger partial charge < -0.3 is 25.2 Å². The Bertz CT molecular complexity index is 767. The number of aliphatic hydroxyl groups excluding tert-OH is 4. The lowest BCUT2D eigenvalue weighted by atomic mass is 9.98. The number of hydrogen-bond donors (Lipinski definition) is 4. The van der Waals surface area contributed by atoms with Crippen molar-refractivity contribution < 1.29 is 38.3 Å². The van der Waals surface area contributed by atoms with Crippen LogP contribution in [0, 0.1) is 0 Å². The molecule has 0 amide bonds. The molecule has 26 heavy (non-hydrogen) atoms. The largest absolute Gasteiger partial charge is 0.416 e. The molecule has 0 radical (unpaired) electrons. The minimum atomic E-state index is -4.51. The smallest absolute Gasteiger partial charge is 0.394 e. The number of aliphatic hydroxyl groups is 4. The highest BCUT2D eigenvalue weighted by Gasteiger charge is 2.44. The molecule has 1 aromatic heterocycles. The molecule has 1 aliphatic rings. The van der Waals surface area contributed by atoms with E-state index in [1.807, 2.05) is 0 Å². The summed E-state index contributed by atoms with van der Waals surface area (Å²) < 4.78 is 44.8. The first-order valence-corrected chi connectivity index (χ1v) is 7.62. The average molecular weight is 375 g/mol. The van der Waals surface area contributed by atoms with Crippen LogP contribution < -0.4 is 0 Å². The molecule has 2 heterocycles. The van der Waals surface area contributed by atoms with Gasteiger partial charge in [0.1, 0.15) is 30.1 Å². The van der Waals surface area contributed by atoms with Crippen molar-refractivity contribution in [1.29, 1.82) is 0 Å². The van der Waals surface area contributed by atoms with Gasteiger partial charge in [-0.25, -0.2) is 4.68 Å². The van der Waals surface area contributed by atoms with Crippen LogP contribution in [0.2, 0.25) is 0 Å². The molecule has 1 aromatic carbocycles. The minimum absolute atomic E-state index is 0.0908. The third kappa shape index (κ3) is 3.44. The minimum Gasteiger partial charge on any atom is -0.394 e. The number of aromatic nitrogens is 3. The Balaban J connectivity index is 1.88. The van der Waals surface area contributed by atoms with Crippen molar-refractivity contribution in [2.24, 2.45) is 0 Å². The molecule has 8 nitrogen and oxygen atoms in total. The molecule has 0 unspecified atom stereocenters. The number of ether oxygens (including phenoxy) is 1. The zero-order valence-electron chi connectivity index (χ0n) is 13.2. The summed E-state index contributed by atoms with van der Waals surface area (Å²) in [5, 5.41) is 46.3. The molecule has 142 valence electrons. The molecule has 0 saturated carbocycles. The summed E-state index contributed by atoms with van der Waals surface area (Å²) in [5.41, 5.74) is -0.610. The fourth-order valence-electron chi connectivity index (χ4n) is 2.69. The maximum absolute atomic E-state index is 12.8.